The van der Waals surface area contributed by atoms with Crippen LogP contribution in [0.2, 0.25) is 0 Å². The van der Waals surface area contributed by atoms with E-state index < -0.39 is 0 Å². The lowest BCUT2D eigenvalue weighted by Crippen LogP contribution is -2.24. The average Bonchev–Trinajstić information content (AvgIpc) is 2.46. The van der Waals surface area contributed by atoms with Gasteiger partial charge in [-0.3, -0.25) is 4.79 Å². The van der Waals surface area contributed by atoms with Crippen molar-refractivity contribution in [2.24, 2.45) is 0 Å². The number of hydrogen-bond donors (Lipinski definition) is 2. The van der Waals surface area contributed by atoms with Crippen LogP contribution >= 0.6 is 0 Å². The molecule has 0 aliphatic rings. The second kappa shape index (κ2) is 8.43. The first-order chi connectivity index (χ1) is 9.62. The normalized spacial score (nSPS) is 11.8. The number of carbonyl (C=O) groups excluding carboxylic acids is 1. The van der Waals surface area contributed by atoms with Gasteiger partial charge in [-0.2, -0.15) is 0 Å². The molecule has 0 fully saturated rings. The van der Waals surface area contributed by atoms with E-state index in [1.807, 2.05) is 32.2 Å². The van der Waals surface area contributed by atoms with Crippen LogP contribution in [-0.2, 0) is 4.79 Å². The molecule has 0 aliphatic heterocycles. The van der Waals surface area contributed by atoms with E-state index in [1.54, 1.807) is 7.11 Å². The fraction of sp³-hybridized carbons (Fsp3) is 0.533. The molecule has 1 unspecified atom stereocenters. The van der Waals surface area contributed by atoms with Crippen LogP contribution in [0.25, 0.3) is 0 Å². The Morgan fingerprint density at radius 3 is 2.75 bits per heavy atom. The molecular formula is C15H24N2O3. The minimum absolute atomic E-state index is 0.00129. The van der Waals surface area contributed by atoms with Gasteiger partial charge >= 0.3 is 0 Å². The summed E-state index contributed by atoms with van der Waals surface area (Å²) in [4.78, 5) is 11.4. The van der Waals surface area contributed by atoms with E-state index in [-0.39, 0.29) is 11.9 Å². The van der Waals surface area contributed by atoms with E-state index in [2.05, 4.69) is 17.6 Å². The Labute approximate surface area is 120 Å². The van der Waals surface area contributed by atoms with Crippen molar-refractivity contribution in [2.45, 2.75) is 26.3 Å². The molecule has 20 heavy (non-hydrogen) atoms. The van der Waals surface area contributed by atoms with Gasteiger partial charge < -0.3 is 20.1 Å². The Hall–Kier alpha value is -1.75. The van der Waals surface area contributed by atoms with Crippen LogP contribution in [0.4, 0.5) is 0 Å². The summed E-state index contributed by atoms with van der Waals surface area (Å²) >= 11 is 0. The molecule has 0 heterocycles. The SMILES string of the molecule is CCNC(=O)CCOc1cc(OC)ccc1C(C)NC. The number of amides is 1. The first kappa shape index (κ1) is 16.3. The van der Waals surface area contributed by atoms with E-state index in [0.29, 0.717) is 19.6 Å². The van der Waals surface area contributed by atoms with Crippen molar-refractivity contribution in [1.29, 1.82) is 0 Å². The van der Waals surface area contributed by atoms with Crippen LogP contribution in [0, 0.1) is 0 Å². The van der Waals surface area contributed by atoms with Crippen LogP contribution in [-0.4, -0.2) is 33.2 Å². The lowest BCUT2D eigenvalue weighted by molar-refractivity contribution is -0.121. The maximum absolute atomic E-state index is 11.4. The number of benzene rings is 1. The molecule has 0 bridgehead atoms. The van der Waals surface area contributed by atoms with Gasteiger partial charge in [-0.1, -0.05) is 6.07 Å². The molecule has 1 rings (SSSR count). The molecule has 1 aromatic carbocycles. The lowest BCUT2D eigenvalue weighted by atomic mass is 10.1. The molecular weight excluding hydrogens is 256 g/mol. The largest absolute Gasteiger partial charge is 0.497 e. The zero-order chi connectivity index (χ0) is 15.0. The second-order valence-corrected chi connectivity index (χ2v) is 4.47. The Kier molecular flexibility index (Phi) is 6.87. The minimum atomic E-state index is -0.00129. The highest BCUT2D eigenvalue weighted by molar-refractivity contribution is 5.75. The summed E-state index contributed by atoms with van der Waals surface area (Å²) in [6, 6.07) is 5.89. The van der Waals surface area contributed by atoms with Crippen LogP contribution in [0.5, 0.6) is 11.5 Å². The Balaban J connectivity index is 2.72. The molecule has 112 valence electrons. The highest BCUT2D eigenvalue weighted by Gasteiger charge is 2.12. The maximum atomic E-state index is 11.4. The summed E-state index contributed by atoms with van der Waals surface area (Å²) in [6.07, 6.45) is 0.346. The molecule has 5 heteroatoms. The standard InChI is InChI=1S/C15H24N2O3/c1-5-17-15(18)8-9-20-14-10-12(19-4)6-7-13(14)11(2)16-3/h6-7,10-11,16H,5,8-9H2,1-4H3,(H,17,18). The van der Waals surface area contributed by atoms with Gasteiger partial charge in [-0.05, 0) is 27.0 Å². The van der Waals surface area contributed by atoms with Crippen molar-refractivity contribution in [3.8, 4) is 11.5 Å². The van der Waals surface area contributed by atoms with E-state index in [0.717, 1.165) is 17.1 Å². The van der Waals surface area contributed by atoms with E-state index >= 15 is 0 Å². The van der Waals surface area contributed by atoms with Gasteiger partial charge in [0, 0.05) is 24.2 Å². The molecule has 0 spiro atoms. The van der Waals surface area contributed by atoms with E-state index in [4.69, 9.17) is 9.47 Å². The van der Waals surface area contributed by atoms with Crippen molar-refractivity contribution in [2.75, 3.05) is 27.3 Å². The Morgan fingerprint density at radius 2 is 2.15 bits per heavy atom. The van der Waals surface area contributed by atoms with Gasteiger partial charge in [0.05, 0.1) is 20.1 Å². The number of carbonyl (C=O) groups is 1. The number of rotatable bonds is 8. The summed E-state index contributed by atoms with van der Waals surface area (Å²) in [5.74, 6) is 1.49. The first-order valence-corrected chi connectivity index (χ1v) is 6.87. The monoisotopic (exact) mass is 280 g/mol. The quantitative estimate of drug-likeness (QED) is 0.763. The van der Waals surface area contributed by atoms with Crippen molar-refractivity contribution < 1.29 is 14.3 Å². The van der Waals surface area contributed by atoms with Gasteiger partial charge in [0.25, 0.3) is 0 Å². The topological polar surface area (TPSA) is 59.6 Å². The summed E-state index contributed by atoms with van der Waals surface area (Å²) < 4.78 is 10.9. The Bertz CT molecular complexity index is 435. The highest BCUT2D eigenvalue weighted by atomic mass is 16.5. The van der Waals surface area contributed by atoms with Crippen molar-refractivity contribution in [3.05, 3.63) is 23.8 Å². The fourth-order valence-electron chi connectivity index (χ4n) is 1.82. The van der Waals surface area contributed by atoms with Crippen LogP contribution in [0.15, 0.2) is 18.2 Å². The van der Waals surface area contributed by atoms with Gasteiger partial charge in [0.15, 0.2) is 0 Å². The smallest absolute Gasteiger partial charge is 0.223 e. The van der Waals surface area contributed by atoms with Crippen molar-refractivity contribution in [3.63, 3.8) is 0 Å². The van der Waals surface area contributed by atoms with Crippen LogP contribution < -0.4 is 20.1 Å². The van der Waals surface area contributed by atoms with E-state index in [1.165, 1.54) is 0 Å². The number of methoxy groups -OCH3 is 1. The number of ether oxygens (including phenoxy) is 2. The molecule has 0 aliphatic carbocycles. The highest BCUT2D eigenvalue weighted by Crippen LogP contribution is 2.29. The summed E-state index contributed by atoms with van der Waals surface area (Å²) in [5, 5.41) is 5.93. The third-order valence-electron chi connectivity index (χ3n) is 3.08. The average molecular weight is 280 g/mol. The molecule has 5 nitrogen and oxygen atoms in total. The van der Waals surface area contributed by atoms with Crippen molar-refractivity contribution >= 4 is 5.91 Å². The molecule has 1 aromatic rings. The van der Waals surface area contributed by atoms with Gasteiger partial charge in [0.1, 0.15) is 11.5 Å². The van der Waals surface area contributed by atoms with Crippen LogP contribution in [0.3, 0.4) is 0 Å². The maximum Gasteiger partial charge on any atom is 0.223 e. The summed E-state index contributed by atoms with van der Waals surface area (Å²) in [5.41, 5.74) is 1.05. The zero-order valence-electron chi connectivity index (χ0n) is 12.7. The molecule has 0 saturated heterocycles. The minimum Gasteiger partial charge on any atom is -0.497 e. The first-order valence-electron chi connectivity index (χ1n) is 6.87. The third-order valence-corrected chi connectivity index (χ3v) is 3.08. The van der Waals surface area contributed by atoms with E-state index in [9.17, 15) is 4.79 Å². The summed E-state index contributed by atoms with van der Waals surface area (Å²) in [6.45, 7) is 4.94. The third kappa shape index (κ3) is 4.74. The van der Waals surface area contributed by atoms with Gasteiger partial charge in [-0.25, -0.2) is 0 Å². The molecule has 2 N–H and O–H groups in total. The molecule has 1 atom stereocenters. The number of nitrogens with one attached hydrogen (secondary N) is 2. The molecule has 0 saturated carbocycles. The molecule has 0 aromatic heterocycles. The van der Waals surface area contributed by atoms with Crippen molar-refractivity contribution in [1.82, 2.24) is 10.6 Å². The van der Waals surface area contributed by atoms with Crippen LogP contribution in [0.1, 0.15) is 31.9 Å². The number of hydrogen-bond acceptors (Lipinski definition) is 4. The predicted molar refractivity (Wildman–Crippen MR) is 79.3 cm³/mol. The zero-order valence-corrected chi connectivity index (χ0v) is 12.7. The fourth-order valence-corrected chi connectivity index (χ4v) is 1.82. The van der Waals surface area contributed by atoms with Gasteiger partial charge in [-0.15, -0.1) is 0 Å². The molecule has 1 amide bonds. The molecule has 0 radical (unpaired) electrons. The Morgan fingerprint density at radius 1 is 1.40 bits per heavy atom. The second-order valence-electron chi connectivity index (χ2n) is 4.47. The van der Waals surface area contributed by atoms with Gasteiger partial charge in [0.2, 0.25) is 5.91 Å². The lowest BCUT2D eigenvalue weighted by Gasteiger charge is -2.17. The predicted octanol–water partition coefficient (Wildman–Crippen LogP) is 1.88. The summed E-state index contributed by atoms with van der Waals surface area (Å²) in [7, 11) is 3.52.